The SMILES string of the molecule is Cc1nc(CC(N)=O)no1. The summed E-state index contributed by atoms with van der Waals surface area (Å²) in [6.07, 6.45) is 0.0390. The summed E-state index contributed by atoms with van der Waals surface area (Å²) in [7, 11) is 0. The number of carbonyl (C=O) groups is 1. The number of hydrogen-bond acceptors (Lipinski definition) is 4. The lowest BCUT2D eigenvalue weighted by atomic mass is 10.4. The monoisotopic (exact) mass is 141 g/mol. The molecule has 1 aromatic heterocycles. The van der Waals surface area contributed by atoms with Crippen molar-refractivity contribution in [1.82, 2.24) is 10.1 Å². The standard InChI is InChI=1S/C5H7N3O2/c1-3-7-5(8-10-3)2-4(6)9/h2H2,1H3,(H2,6,9). The van der Waals surface area contributed by atoms with Crippen LogP contribution in [0.1, 0.15) is 11.7 Å². The van der Waals surface area contributed by atoms with Crippen LogP contribution in [-0.4, -0.2) is 16.0 Å². The van der Waals surface area contributed by atoms with Crippen LogP contribution in [0.5, 0.6) is 0 Å². The Morgan fingerprint density at radius 2 is 2.50 bits per heavy atom. The smallest absolute Gasteiger partial charge is 0.225 e. The zero-order valence-corrected chi connectivity index (χ0v) is 5.50. The fraction of sp³-hybridized carbons (Fsp3) is 0.400. The van der Waals surface area contributed by atoms with E-state index >= 15 is 0 Å². The summed E-state index contributed by atoms with van der Waals surface area (Å²) in [5, 5.41) is 3.47. The first-order chi connectivity index (χ1) is 4.68. The molecule has 54 valence electrons. The van der Waals surface area contributed by atoms with Crippen LogP contribution >= 0.6 is 0 Å². The molecule has 0 aromatic carbocycles. The van der Waals surface area contributed by atoms with Gasteiger partial charge >= 0.3 is 0 Å². The van der Waals surface area contributed by atoms with Gasteiger partial charge in [0.05, 0.1) is 6.42 Å². The average molecular weight is 141 g/mol. The quantitative estimate of drug-likeness (QED) is 0.596. The van der Waals surface area contributed by atoms with Gasteiger partial charge in [-0.2, -0.15) is 4.98 Å². The van der Waals surface area contributed by atoms with E-state index in [9.17, 15) is 4.79 Å². The Balaban J connectivity index is 2.67. The molecule has 5 nitrogen and oxygen atoms in total. The zero-order chi connectivity index (χ0) is 7.56. The number of nitrogens with two attached hydrogens (primary N) is 1. The van der Waals surface area contributed by atoms with Gasteiger partial charge in [-0.1, -0.05) is 5.16 Å². The third-order valence-electron chi connectivity index (χ3n) is 0.902. The minimum atomic E-state index is -0.458. The second-order valence-electron chi connectivity index (χ2n) is 1.87. The van der Waals surface area contributed by atoms with E-state index in [0.717, 1.165) is 0 Å². The van der Waals surface area contributed by atoms with Gasteiger partial charge in [-0.05, 0) is 0 Å². The molecule has 1 heterocycles. The molecule has 0 radical (unpaired) electrons. The molecule has 2 N–H and O–H groups in total. The first kappa shape index (κ1) is 6.73. The molecule has 0 spiro atoms. The summed E-state index contributed by atoms with van der Waals surface area (Å²) in [4.78, 5) is 14.1. The van der Waals surface area contributed by atoms with Gasteiger partial charge in [0.25, 0.3) is 0 Å². The minimum Gasteiger partial charge on any atom is -0.369 e. The highest BCUT2D eigenvalue weighted by Gasteiger charge is 2.04. The summed E-state index contributed by atoms with van der Waals surface area (Å²) in [6.45, 7) is 1.65. The van der Waals surface area contributed by atoms with Crippen molar-refractivity contribution in [3.8, 4) is 0 Å². The molecule has 0 atom stereocenters. The number of primary amides is 1. The molecule has 0 bridgehead atoms. The summed E-state index contributed by atoms with van der Waals surface area (Å²) >= 11 is 0. The van der Waals surface area contributed by atoms with E-state index in [-0.39, 0.29) is 6.42 Å². The lowest BCUT2D eigenvalue weighted by Crippen LogP contribution is -2.14. The van der Waals surface area contributed by atoms with Crippen molar-refractivity contribution in [3.05, 3.63) is 11.7 Å². The highest BCUT2D eigenvalue weighted by atomic mass is 16.5. The van der Waals surface area contributed by atoms with Crippen molar-refractivity contribution in [2.75, 3.05) is 0 Å². The molecule has 1 aromatic rings. The van der Waals surface area contributed by atoms with E-state index < -0.39 is 5.91 Å². The van der Waals surface area contributed by atoms with Crippen LogP contribution in [0.15, 0.2) is 4.52 Å². The van der Waals surface area contributed by atoms with Crippen LogP contribution in [0, 0.1) is 6.92 Å². The van der Waals surface area contributed by atoms with Crippen molar-refractivity contribution < 1.29 is 9.32 Å². The maximum absolute atomic E-state index is 10.3. The van der Waals surface area contributed by atoms with Gasteiger partial charge < -0.3 is 10.3 Å². The molecule has 0 aliphatic carbocycles. The predicted octanol–water partition coefficient (Wildman–Crippen LogP) is -0.594. The average Bonchev–Trinajstić information content (AvgIpc) is 2.13. The second kappa shape index (κ2) is 2.47. The van der Waals surface area contributed by atoms with Gasteiger partial charge in [0.2, 0.25) is 11.8 Å². The molecular weight excluding hydrogens is 134 g/mol. The Morgan fingerprint density at radius 3 is 2.90 bits per heavy atom. The number of rotatable bonds is 2. The first-order valence-electron chi connectivity index (χ1n) is 2.76. The number of hydrogen-bond donors (Lipinski definition) is 1. The predicted molar refractivity (Wildman–Crippen MR) is 31.9 cm³/mol. The molecule has 0 saturated carbocycles. The van der Waals surface area contributed by atoms with Crippen molar-refractivity contribution in [2.24, 2.45) is 5.73 Å². The van der Waals surface area contributed by atoms with Crippen molar-refractivity contribution in [2.45, 2.75) is 13.3 Å². The van der Waals surface area contributed by atoms with Gasteiger partial charge in [-0.3, -0.25) is 4.79 Å². The fourth-order valence-electron chi connectivity index (χ4n) is 0.569. The van der Waals surface area contributed by atoms with Crippen LogP contribution < -0.4 is 5.73 Å². The Bertz CT molecular complexity index is 243. The Kier molecular flexibility index (Phi) is 1.66. The van der Waals surface area contributed by atoms with Crippen LogP contribution in [0.3, 0.4) is 0 Å². The van der Waals surface area contributed by atoms with E-state index in [1.807, 2.05) is 0 Å². The number of nitrogens with zero attached hydrogens (tertiary/aromatic N) is 2. The highest BCUT2D eigenvalue weighted by Crippen LogP contribution is 1.94. The Morgan fingerprint density at radius 1 is 1.80 bits per heavy atom. The normalized spacial score (nSPS) is 9.70. The zero-order valence-electron chi connectivity index (χ0n) is 5.50. The van der Waals surface area contributed by atoms with Gasteiger partial charge in [0.15, 0.2) is 5.82 Å². The molecule has 10 heavy (non-hydrogen) atoms. The molecule has 0 saturated heterocycles. The molecule has 1 rings (SSSR count). The van der Waals surface area contributed by atoms with Crippen molar-refractivity contribution >= 4 is 5.91 Å². The summed E-state index contributed by atoms with van der Waals surface area (Å²) in [5.41, 5.74) is 4.87. The van der Waals surface area contributed by atoms with Crippen molar-refractivity contribution in [3.63, 3.8) is 0 Å². The number of amides is 1. The van der Waals surface area contributed by atoms with Crippen LogP contribution in [0.2, 0.25) is 0 Å². The fourth-order valence-corrected chi connectivity index (χ4v) is 0.569. The van der Waals surface area contributed by atoms with Gasteiger partial charge in [0, 0.05) is 6.92 Å². The Labute approximate surface area is 57.2 Å². The minimum absolute atomic E-state index is 0.0390. The van der Waals surface area contributed by atoms with Gasteiger partial charge in [-0.25, -0.2) is 0 Å². The van der Waals surface area contributed by atoms with Crippen LogP contribution in [0.25, 0.3) is 0 Å². The molecule has 0 aliphatic heterocycles. The largest absolute Gasteiger partial charge is 0.369 e. The van der Waals surface area contributed by atoms with Crippen LogP contribution in [0.4, 0.5) is 0 Å². The second-order valence-corrected chi connectivity index (χ2v) is 1.87. The van der Waals surface area contributed by atoms with E-state index in [1.54, 1.807) is 6.92 Å². The van der Waals surface area contributed by atoms with Gasteiger partial charge in [-0.15, -0.1) is 0 Å². The first-order valence-corrected chi connectivity index (χ1v) is 2.76. The topological polar surface area (TPSA) is 82.0 Å². The summed E-state index contributed by atoms with van der Waals surface area (Å²) in [5.74, 6) is 0.321. The maximum atomic E-state index is 10.3. The lowest BCUT2D eigenvalue weighted by Gasteiger charge is -1.82. The maximum Gasteiger partial charge on any atom is 0.225 e. The molecule has 1 amide bonds. The number of aryl methyl sites for hydroxylation is 1. The Hall–Kier alpha value is -1.39. The third-order valence-corrected chi connectivity index (χ3v) is 0.902. The number of carbonyl (C=O) groups excluding carboxylic acids is 1. The highest BCUT2D eigenvalue weighted by molar-refractivity contribution is 5.75. The molecule has 0 aliphatic rings. The summed E-state index contributed by atoms with van der Waals surface area (Å²) in [6, 6.07) is 0. The molecule has 0 unspecified atom stereocenters. The van der Waals surface area contributed by atoms with Crippen LogP contribution in [-0.2, 0) is 11.2 Å². The third kappa shape index (κ3) is 1.54. The molecule has 0 fully saturated rings. The van der Waals surface area contributed by atoms with E-state index in [4.69, 9.17) is 5.73 Å². The van der Waals surface area contributed by atoms with Gasteiger partial charge in [0.1, 0.15) is 0 Å². The van der Waals surface area contributed by atoms with E-state index in [0.29, 0.717) is 11.7 Å². The van der Waals surface area contributed by atoms with E-state index in [1.165, 1.54) is 0 Å². The van der Waals surface area contributed by atoms with E-state index in [2.05, 4.69) is 14.7 Å². The molecular formula is C5H7N3O2. The van der Waals surface area contributed by atoms with Crippen molar-refractivity contribution in [1.29, 1.82) is 0 Å². The molecule has 5 heteroatoms. The number of aromatic nitrogens is 2. The lowest BCUT2D eigenvalue weighted by molar-refractivity contribution is -0.117. The summed E-state index contributed by atoms with van der Waals surface area (Å²) < 4.78 is 4.60.